The van der Waals surface area contributed by atoms with Gasteiger partial charge in [-0.05, 0) is 52.2 Å². The molecular formula is C14H24N4O. The van der Waals surface area contributed by atoms with Crippen molar-refractivity contribution >= 4 is 17.3 Å². The van der Waals surface area contributed by atoms with Gasteiger partial charge in [-0.25, -0.2) is 0 Å². The van der Waals surface area contributed by atoms with Crippen LogP contribution < -0.4 is 16.4 Å². The number of carbonyl (C=O) groups excluding carboxylic acids is 1. The van der Waals surface area contributed by atoms with E-state index in [-0.39, 0.29) is 5.91 Å². The van der Waals surface area contributed by atoms with Gasteiger partial charge in [0.1, 0.15) is 0 Å². The van der Waals surface area contributed by atoms with Crippen molar-refractivity contribution in [2.45, 2.75) is 19.4 Å². The molecule has 0 fully saturated rings. The Bertz CT molecular complexity index is 431. The standard InChI is InChI=1S/C14H24N4O/c1-10(7-8-18(3)4)17-13-6-5-11(9-12(13)15)14(19)16-2/h5-6,9-10,17H,7-8,15H2,1-4H3,(H,16,19). The zero-order valence-electron chi connectivity index (χ0n) is 12.2. The highest BCUT2D eigenvalue weighted by Gasteiger charge is 2.08. The zero-order valence-corrected chi connectivity index (χ0v) is 12.2. The van der Waals surface area contributed by atoms with Gasteiger partial charge in [-0.1, -0.05) is 0 Å². The lowest BCUT2D eigenvalue weighted by molar-refractivity contribution is 0.0963. The fourth-order valence-corrected chi connectivity index (χ4v) is 1.77. The monoisotopic (exact) mass is 264 g/mol. The van der Waals surface area contributed by atoms with E-state index in [2.05, 4.69) is 36.6 Å². The normalized spacial score (nSPS) is 12.3. The van der Waals surface area contributed by atoms with Crippen molar-refractivity contribution in [2.24, 2.45) is 0 Å². The number of hydrogen-bond acceptors (Lipinski definition) is 4. The molecule has 1 amide bonds. The number of nitrogen functional groups attached to an aromatic ring is 1. The maximum absolute atomic E-state index is 11.5. The Labute approximate surface area is 115 Å². The molecule has 1 unspecified atom stereocenters. The van der Waals surface area contributed by atoms with Crippen LogP contribution in [0.5, 0.6) is 0 Å². The van der Waals surface area contributed by atoms with E-state index in [4.69, 9.17) is 5.73 Å². The Kier molecular flexibility index (Phi) is 5.63. The molecule has 0 radical (unpaired) electrons. The van der Waals surface area contributed by atoms with Crippen LogP contribution in [0.1, 0.15) is 23.7 Å². The van der Waals surface area contributed by atoms with Crippen molar-refractivity contribution in [2.75, 3.05) is 38.7 Å². The fourth-order valence-electron chi connectivity index (χ4n) is 1.77. The van der Waals surface area contributed by atoms with E-state index < -0.39 is 0 Å². The van der Waals surface area contributed by atoms with Gasteiger partial charge in [0.2, 0.25) is 0 Å². The molecule has 5 heteroatoms. The molecular weight excluding hydrogens is 240 g/mol. The second-order valence-corrected chi connectivity index (χ2v) is 5.02. The van der Waals surface area contributed by atoms with E-state index in [0.29, 0.717) is 17.3 Å². The predicted octanol–water partition coefficient (Wildman–Crippen LogP) is 1.38. The zero-order chi connectivity index (χ0) is 14.4. The molecule has 1 aromatic rings. The summed E-state index contributed by atoms with van der Waals surface area (Å²) in [5, 5.41) is 5.95. The van der Waals surface area contributed by atoms with Crippen molar-refractivity contribution in [1.82, 2.24) is 10.2 Å². The molecule has 0 aliphatic rings. The topological polar surface area (TPSA) is 70.4 Å². The molecule has 4 N–H and O–H groups in total. The van der Waals surface area contributed by atoms with E-state index in [1.165, 1.54) is 0 Å². The Morgan fingerprint density at radius 3 is 2.63 bits per heavy atom. The first-order chi connectivity index (χ1) is 8.93. The van der Waals surface area contributed by atoms with Crippen LogP contribution in [0.4, 0.5) is 11.4 Å². The first-order valence-electron chi connectivity index (χ1n) is 6.47. The van der Waals surface area contributed by atoms with Gasteiger partial charge in [0.05, 0.1) is 11.4 Å². The summed E-state index contributed by atoms with van der Waals surface area (Å²) in [6.45, 7) is 3.14. The Hall–Kier alpha value is -1.75. The van der Waals surface area contributed by atoms with Gasteiger partial charge in [0.25, 0.3) is 5.91 Å². The highest BCUT2D eigenvalue weighted by molar-refractivity contribution is 5.95. The van der Waals surface area contributed by atoms with E-state index in [0.717, 1.165) is 18.7 Å². The van der Waals surface area contributed by atoms with Crippen LogP contribution in [0.25, 0.3) is 0 Å². The molecule has 0 aromatic heterocycles. The van der Waals surface area contributed by atoms with Gasteiger partial charge in [0, 0.05) is 18.7 Å². The smallest absolute Gasteiger partial charge is 0.251 e. The van der Waals surface area contributed by atoms with Crippen LogP contribution in [0.15, 0.2) is 18.2 Å². The fraction of sp³-hybridized carbons (Fsp3) is 0.500. The number of nitrogens with two attached hydrogens (primary N) is 1. The molecule has 1 aromatic carbocycles. The molecule has 0 spiro atoms. The third kappa shape index (κ3) is 4.79. The van der Waals surface area contributed by atoms with Crippen molar-refractivity contribution in [3.8, 4) is 0 Å². The van der Waals surface area contributed by atoms with Crippen molar-refractivity contribution < 1.29 is 4.79 Å². The highest BCUT2D eigenvalue weighted by Crippen LogP contribution is 2.21. The minimum absolute atomic E-state index is 0.126. The molecule has 0 saturated carbocycles. The van der Waals surface area contributed by atoms with Crippen LogP contribution in [0.3, 0.4) is 0 Å². The average Bonchev–Trinajstić information content (AvgIpc) is 2.37. The second-order valence-electron chi connectivity index (χ2n) is 5.02. The van der Waals surface area contributed by atoms with Crippen molar-refractivity contribution in [1.29, 1.82) is 0 Å². The molecule has 0 bridgehead atoms. The number of amides is 1. The molecule has 106 valence electrons. The van der Waals surface area contributed by atoms with Crippen molar-refractivity contribution in [3.05, 3.63) is 23.8 Å². The molecule has 1 rings (SSSR count). The summed E-state index contributed by atoms with van der Waals surface area (Å²) < 4.78 is 0. The highest BCUT2D eigenvalue weighted by atomic mass is 16.1. The van der Waals surface area contributed by atoms with Gasteiger partial charge in [0.15, 0.2) is 0 Å². The van der Waals surface area contributed by atoms with Gasteiger partial charge < -0.3 is 21.3 Å². The van der Waals surface area contributed by atoms with E-state index in [9.17, 15) is 4.79 Å². The lowest BCUT2D eigenvalue weighted by Crippen LogP contribution is -2.23. The van der Waals surface area contributed by atoms with Crippen LogP contribution in [-0.2, 0) is 0 Å². The van der Waals surface area contributed by atoms with Crippen LogP contribution >= 0.6 is 0 Å². The number of anilines is 2. The van der Waals surface area contributed by atoms with Crippen LogP contribution in [0.2, 0.25) is 0 Å². The molecule has 0 aliphatic heterocycles. The van der Waals surface area contributed by atoms with Crippen molar-refractivity contribution in [3.63, 3.8) is 0 Å². The number of hydrogen-bond donors (Lipinski definition) is 3. The molecule has 19 heavy (non-hydrogen) atoms. The quantitative estimate of drug-likeness (QED) is 0.679. The Morgan fingerprint density at radius 2 is 2.11 bits per heavy atom. The van der Waals surface area contributed by atoms with E-state index in [1.807, 2.05) is 6.07 Å². The average molecular weight is 264 g/mol. The van der Waals surface area contributed by atoms with Crippen LogP contribution in [-0.4, -0.2) is 44.5 Å². The molecule has 0 saturated heterocycles. The predicted molar refractivity (Wildman–Crippen MR) is 80.5 cm³/mol. The first-order valence-corrected chi connectivity index (χ1v) is 6.47. The number of nitrogens with zero attached hydrogens (tertiary/aromatic N) is 1. The third-order valence-electron chi connectivity index (χ3n) is 2.95. The van der Waals surface area contributed by atoms with Gasteiger partial charge >= 0.3 is 0 Å². The summed E-state index contributed by atoms with van der Waals surface area (Å²) in [5.74, 6) is -0.126. The summed E-state index contributed by atoms with van der Waals surface area (Å²) in [6.07, 6.45) is 1.03. The summed E-state index contributed by atoms with van der Waals surface area (Å²) in [7, 11) is 5.71. The lowest BCUT2D eigenvalue weighted by atomic mass is 10.1. The summed E-state index contributed by atoms with van der Waals surface area (Å²) in [4.78, 5) is 13.6. The number of carbonyl (C=O) groups is 1. The van der Waals surface area contributed by atoms with E-state index >= 15 is 0 Å². The Morgan fingerprint density at radius 1 is 1.42 bits per heavy atom. The first kappa shape index (κ1) is 15.3. The van der Waals surface area contributed by atoms with Crippen LogP contribution in [0, 0.1) is 0 Å². The minimum Gasteiger partial charge on any atom is -0.397 e. The lowest BCUT2D eigenvalue weighted by Gasteiger charge is -2.19. The maximum Gasteiger partial charge on any atom is 0.251 e. The second kappa shape index (κ2) is 6.99. The molecule has 1 atom stereocenters. The summed E-state index contributed by atoms with van der Waals surface area (Å²) in [5.41, 5.74) is 8.01. The molecule has 5 nitrogen and oxygen atoms in total. The molecule has 0 heterocycles. The van der Waals surface area contributed by atoms with Gasteiger partial charge in [-0.2, -0.15) is 0 Å². The summed E-state index contributed by atoms with van der Waals surface area (Å²) in [6, 6.07) is 5.65. The van der Waals surface area contributed by atoms with Gasteiger partial charge in [-0.3, -0.25) is 4.79 Å². The van der Waals surface area contributed by atoms with E-state index in [1.54, 1.807) is 19.2 Å². The number of benzene rings is 1. The maximum atomic E-state index is 11.5. The Balaban J connectivity index is 2.67. The minimum atomic E-state index is -0.126. The number of nitrogens with one attached hydrogen (secondary N) is 2. The largest absolute Gasteiger partial charge is 0.397 e. The summed E-state index contributed by atoms with van der Waals surface area (Å²) >= 11 is 0. The van der Waals surface area contributed by atoms with Gasteiger partial charge in [-0.15, -0.1) is 0 Å². The third-order valence-corrected chi connectivity index (χ3v) is 2.95. The molecule has 0 aliphatic carbocycles. The SMILES string of the molecule is CNC(=O)c1ccc(NC(C)CCN(C)C)c(N)c1. The number of rotatable bonds is 6.